The van der Waals surface area contributed by atoms with Crippen molar-refractivity contribution in [3.05, 3.63) is 63.4 Å². The van der Waals surface area contributed by atoms with Crippen molar-refractivity contribution >= 4 is 35.4 Å². The molecule has 0 aliphatic heterocycles. The lowest BCUT2D eigenvalue weighted by atomic mass is 10.1. The molecule has 0 spiro atoms. The molecule has 2 rings (SSSR count). The van der Waals surface area contributed by atoms with Crippen LogP contribution in [0.15, 0.2) is 40.8 Å². The Labute approximate surface area is 165 Å². The molecule has 0 saturated carbocycles. The van der Waals surface area contributed by atoms with Crippen LogP contribution in [0.4, 0.5) is 11.6 Å². The van der Waals surface area contributed by atoms with Crippen molar-refractivity contribution < 1.29 is 28.5 Å². The van der Waals surface area contributed by atoms with Gasteiger partial charge in [-0.1, -0.05) is 18.2 Å². The number of amides is 2. The van der Waals surface area contributed by atoms with E-state index in [4.69, 9.17) is 9.15 Å². The number of carbonyl (C=O) groups excluding carboxylic acids is 3. The maximum absolute atomic E-state index is 12.0. The molecule has 0 radical (unpaired) electrons. The fourth-order valence-electron chi connectivity index (χ4n) is 2.29. The normalized spacial score (nSPS) is 10.6. The fourth-order valence-corrected chi connectivity index (χ4v) is 2.29. The quantitative estimate of drug-likeness (QED) is 0.299. The summed E-state index contributed by atoms with van der Waals surface area (Å²) in [6, 6.07) is 8.04. The van der Waals surface area contributed by atoms with Crippen LogP contribution in [0.5, 0.6) is 0 Å². The van der Waals surface area contributed by atoms with E-state index < -0.39 is 35.2 Å². The predicted molar refractivity (Wildman–Crippen MR) is 103 cm³/mol. The molecule has 1 heterocycles. The summed E-state index contributed by atoms with van der Waals surface area (Å²) < 4.78 is 9.56. The van der Waals surface area contributed by atoms with E-state index in [0.717, 1.165) is 23.3 Å². The lowest BCUT2D eigenvalue weighted by Crippen LogP contribution is -2.35. The Kier molecular flexibility index (Phi) is 7.24. The monoisotopic (exact) mass is 401 g/mol. The molecule has 0 fully saturated rings. The number of esters is 1. The Balaban J connectivity index is 1.73. The third-order valence-corrected chi connectivity index (χ3v) is 3.71. The van der Waals surface area contributed by atoms with Crippen LogP contribution in [0.3, 0.4) is 0 Å². The number of nitro groups is 1. The van der Waals surface area contributed by atoms with Gasteiger partial charge >= 0.3 is 11.9 Å². The summed E-state index contributed by atoms with van der Waals surface area (Å²) in [6.07, 6.45) is 2.13. The van der Waals surface area contributed by atoms with E-state index in [0.29, 0.717) is 5.69 Å². The fraction of sp³-hybridized carbons (Fsp3) is 0.211. The minimum atomic E-state index is -0.848. The van der Waals surface area contributed by atoms with Crippen LogP contribution in [-0.2, 0) is 19.1 Å². The van der Waals surface area contributed by atoms with Crippen LogP contribution in [-0.4, -0.2) is 35.9 Å². The van der Waals surface area contributed by atoms with E-state index in [9.17, 15) is 24.5 Å². The number of aryl methyl sites for hydroxylation is 2. The van der Waals surface area contributed by atoms with Gasteiger partial charge in [0.15, 0.2) is 6.61 Å². The summed E-state index contributed by atoms with van der Waals surface area (Å²) in [5.41, 5.74) is 2.47. The molecule has 0 aliphatic rings. The predicted octanol–water partition coefficient (Wildman–Crippen LogP) is 2.12. The molecular formula is C19H19N3O7. The first-order valence-electron chi connectivity index (χ1n) is 8.48. The second kappa shape index (κ2) is 9.83. The molecular weight excluding hydrogens is 382 g/mol. The van der Waals surface area contributed by atoms with E-state index in [2.05, 4.69) is 10.6 Å². The van der Waals surface area contributed by atoms with Crippen molar-refractivity contribution in [2.24, 2.45) is 0 Å². The Morgan fingerprint density at radius 2 is 1.83 bits per heavy atom. The van der Waals surface area contributed by atoms with Gasteiger partial charge < -0.3 is 19.8 Å². The zero-order chi connectivity index (χ0) is 21.4. The number of furan rings is 1. The third-order valence-electron chi connectivity index (χ3n) is 3.71. The molecule has 10 heteroatoms. The van der Waals surface area contributed by atoms with Crippen molar-refractivity contribution in [2.45, 2.75) is 13.8 Å². The van der Waals surface area contributed by atoms with Crippen LogP contribution >= 0.6 is 0 Å². The average molecular weight is 401 g/mol. The van der Waals surface area contributed by atoms with Crippen molar-refractivity contribution in [3.8, 4) is 0 Å². The molecule has 1 aromatic heterocycles. The molecule has 2 aromatic rings. The number of rotatable bonds is 8. The number of benzene rings is 1. The Morgan fingerprint density at radius 1 is 1.14 bits per heavy atom. The Morgan fingerprint density at radius 3 is 2.45 bits per heavy atom. The van der Waals surface area contributed by atoms with Gasteiger partial charge in [0.2, 0.25) is 5.91 Å². The summed E-state index contributed by atoms with van der Waals surface area (Å²) in [4.78, 5) is 45.0. The van der Waals surface area contributed by atoms with Gasteiger partial charge in [-0.15, -0.1) is 0 Å². The van der Waals surface area contributed by atoms with Gasteiger partial charge in [0.25, 0.3) is 5.91 Å². The van der Waals surface area contributed by atoms with Crippen molar-refractivity contribution in [2.75, 3.05) is 18.5 Å². The maximum atomic E-state index is 12.0. The minimum absolute atomic E-state index is 0.0845. The Bertz CT molecular complexity index is 942. The van der Waals surface area contributed by atoms with Crippen molar-refractivity contribution in [3.63, 3.8) is 0 Å². The molecule has 0 unspecified atom stereocenters. The number of hydrogen-bond acceptors (Lipinski definition) is 7. The van der Waals surface area contributed by atoms with Gasteiger partial charge in [0, 0.05) is 11.8 Å². The smallest absolute Gasteiger partial charge is 0.433 e. The number of nitrogens with zero attached hydrogens (tertiary/aromatic N) is 1. The third kappa shape index (κ3) is 6.61. The highest BCUT2D eigenvalue weighted by atomic mass is 16.6. The number of para-hydroxylation sites is 1. The van der Waals surface area contributed by atoms with Gasteiger partial charge in [-0.3, -0.25) is 19.7 Å². The van der Waals surface area contributed by atoms with E-state index in [1.165, 1.54) is 12.1 Å². The number of nitrogens with one attached hydrogen (secondary N) is 2. The molecule has 0 saturated heterocycles. The van der Waals surface area contributed by atoms with Crippen LogP contribution in [0.1, 0.15) is 16.9 Å². The largest absolute Gasteiger partial charge is 0.452 e. The van der Waals surface area contributed by atoms with Crippen LogP contribution in [0.2, 0.25) is 0 Å². The molecule has 10 nitrogen and oxygen atoms in total. The first-order chi connectivity index (χ1) is 13.8. The van der Waals surface area contributed by atoms with Gasteiger partial charge in [-0.25, -0.2) is 4.79 Å². The Hall–Kier alpha value is -3.95. The maximum Gasteiger partial charge on any atom is 0.433 e. The topological polar surface area (TPSA) is 141 Å². The first-order valence-corrected chi connectivity index (χ1v) is 8.48. The number of ether oxygens (including phenoxy) is 1. The highest BCUT2D eigenvalue weighted by Gasteiger charge is 2.12. The second-order valence-corrected chi connectivity index (χ2v) is 5.97. The SMILES string of the molecule is Cc1cccc(C)c1NC(=O)CNC(=O)COC(=O)/C=C/c1ccc([N+](=O)[O-])o1. The van der Waals surface area contributed by atoms with Gasteiger partial charge in [0.1, 0.15) is 10.7 Å². The molecule has 2 N–H and O–H groups in total. The van der Waals surface area contributed by atoms with E-state index >= 15 is 0 Å². The highest BCUT2D eigenvalue weighted by molar-refractivity contribution is 5.96. The standard InChI is InChI=1S/C19H19N3O7/c1-12-4-3-5-13(2)19(12)21-15(23)10-20-16(24)11-28-18(25)9-7-14-6-8-17(29-14)22(26)27/h3-9H,10-11H2,1-2H3,(H,20,24)(H,21,23)/b9-7+. The summed E-state index contributed by atoms with van der Waals surface area (Å²) in [5, 5.41) is 15.6. The second-order valence-electron chi connectivity index (χ2n) is 5.97. The van der Waals surface area contributed by atoms with Crippen molar-refractivity contribution in [1.82, 2.24) is 5.32 Å². The van der Waals surface area contributed by atoms with Gasteiger partial charge in [0.05, 0.1) is 12.6 Å². The minimum Gasteiger partial charge on any atom is -0.452 e. The number of carbonyl (C=O) groups is 3. The number of anilines is 1. The van der Waals surface area contributed by atoms with E-state index in [1.54, 1.807) is 0 Å². The molecule has 0 bridgehead atoms. The first kappa shape index (κ1) is 21.4. The van der Waals surface area contributed by atoms with E-state index in [1.807, 2.05) is 32.0 Å². The summed E-state index contributed by atoms with van der Waals surface area (Å²) in [7, 11) is 0. The summed E-state index contributed by atoms with van der Waals surface area (Å²) >= 11 is 0. The molecule has 1 aromatic carbocycles. The summed E-state index contributed by atoms with van der Waals surface area (Å²) in [5.74, 6) is -2.30. The number of hydrogen-bond donors (Lipinski definition) is 2. The molecule has 2 amide bonds. The highest BCUT2D eigenvalue weighted by Crippen LogP contribution is 2.19. The summed E-state index contributed by atoms with van der Waals surface area (Å²) in [6.45, 7) is 2.85. The lowest BCUT2D eigenvalue weighted by Gasteiger charge is -2.11. The molecule has 0 aliphatic carbocycles. The van der Waals surface area contributed by atoms with Crippen molar-refractivity contribution in [1.29, 1.82) is 0 Å². The van der Waals surface area contributed by atoms with Crippen LogP contribution in [0.25, 0.3) is 6.08 Å². The van der Waals surface area contributed by atoms with Gasteiger partial charge in [-0.05, 0) is 37.1 Å². The zero-order valence-corrected chi connectivity index (χ0v) is 15.8. The molecule has 0 atom stereocenters. The average Bonchev–Trinajstić information content (AvgIpc) is 3.15. The molecule has 29 heavy (non-hydrogen) atoms. The van der Waals surface area contributed by atoms with Crippen LogP contribution < -0.4 is 10.6 Å². The molecule has 152 valence electrons. The zero-order valence-electron chi connectivity index (χ0n) is 15.8. The van der Waals surface area contributed by atoms with Gasteiger partial charge in [-0.2, -0.15) is 0 Å². The lowest BCUT2D eigenvalue weighted by molar-refractivity contribution is -0.402. The van der Waals surface area contributed by atoms with Crippen LogP contribution in [0, 0.1) is 24.0 Å². The van der Waals surface area contributed by atoms with E-state index in [-0.39, 0.29) is 12.3 Å².